The van der Waals surface area contributed by atoms with Crippen LogP contribution in [0.2, 0.25) is 0 Å². The highest BCUT2D eigenvalue weighted by atomic mass is 15.1. The van der Waals surface area contributed by atoms with E-state index in [-0.39, 0.29) is 0 Å². The van der Waals surface area contributed by atoms with Crippen LogP contribution in [0.5, 0.6) is 0 Å². The van der Waals surface area contributed by atoms with Gasteiger partial charge < -0.3 is 20.0 Å². The zero-order valence-corrected chi connectivity index (χ0v) is 28.1. The SMILES string of the molecule is [C-]#[N+]c1ccc(CN(C)CCCCN(CCC)CCC)cc1.[C-]#[N+]c1ccc(CNCCCCN(CCC)CCC)cc1. The molecule has 0 fully saturated rings. The van der Waals surface area contributed by atoms with Crippen LogP contribution in [0.15, 0.2) is 48.5 Å². The van der Waals surface area contributed by atoms with Crippen molar-refractivity contribution in [1.82, 2.24) is 20.0 Å². The van der Waals surface area contributed by atoms with E-state index in [1.807, 2.05) is 36.4 Å². The second-order valence-corrected chi connectivity index (χ2v) is 11.6. The van der Waals surface area contributed by atoms with Crippen molar-refractivity contribution in [2.75, 3.05) is 59.4 Å². The van der Waals surface area contributed by atoms with Crippen LogP contribution in [0.25, 0.3) is 9.69 Å². The van der Waals surface area contributed by atoms with E-state index in [0.717, 1.165) is 31.9 Å². The molecule has 0 aliphatic heterocycles. The van der Waals surface area contributed by atoms with E-state index in [0.29, 0.717) is 5.69 Å². The second kappa shape index (κ2) is 25.7. The van der Waals surface area contributed by atoms with E-state index in [2.05, 4.69) is 76.6 Å². The van der Waals surface area contributed by atoms with Crippen LogP contribution >= 0.6 is 0 Å². The Morgan fingerprint density at radius 2 is 0.977 bits per heavy atom. The maximum atomic E-state index is 6.97. The molecule has 0 aliphatic carbocycles. The van der Waals surface area contributed by atoms with Gasteiger partial charge in [-0.05, 0) is 122 Å². The van der Waals surface area contributed by atoms with Gasteiger partial charge in [0.1, 0.15) is 0 Å². The Labute approximate surface area is 265 Å². The molecule has 0 saturated carbocycles. The Morgan fingerprint density at radius 1 is 0.558 bits per heavy atom. The molecule has 0 atom stereocenters. The molecule has 6 heteroatoms. The lowest BCUT2D eigenvalue weighted by atomic mass is 10.2. The number of hydrogen-bond acceptors (Lipinski definition) is 4. The van der Waals surface area contributed by atoms with Crippen LogP contribution in [-0.2, 0) is 13.1 Å². The smallest absolute Gasteiger partial charge is 0.187 e. The molecule has 0 aliphatic rings. The standard InChI is InChI=1S/C19H31N3.C18H29N3/c1-5-13-22(14-6-2)16-8-7-15-21(4)17-18-9-11-19(20-3)12-10-18;1-4-13-21(14-5-2)15-7-6-12-20-16-17-8-10-18(19-3)11-9-17/h9-12H,5-8,13-17H2,1-2,4H3;8-11,20H,4-7,12-16H2,1-2H3. The molecule has 2 aromatic rings. The molecule has 0 radical (unpaired) electrons. The van der Waals surface area contributed by atoms with Crippen molar-refractivity contribution in [2.45, 2.75) is 92.2 Å². The molecular weight excluding hydrogens is 528 g/mol. The van der Waals surface area contributed by atoms with Crippen LogP contribution < -0.4 is 5.32 Å². The summed E-state index contributed by atoms with van der Waals surface area (Å²) in [5.74, 6) is 0. The Balaban J connectivity index is 0.000000430. The first kappa shape index (κ1) is 38.3. The topological polar surface area (TPSA) is 30.5 Å². The van der Waals surface area contributed by atoms with E-state index in [1.54, 1.807) is 0 Å². The fourth-order valence-corrected chi connectivity index (χ4v) is 5.23. The quantitative estimate of drug-likeness (QED) is 0.110. The molecule has 1 N–H and O–H groups in total. The highest BCUT2D eigenvalue weighted by Crippen LogP contribution is 2.14. The molecule has 6 nitrogen and oxygen atoms in total. The van der Waals surface area contributed by atoms with Gasteiger partial charge in [-0.2, -0.15) is 0 Å². The van der Waals surface area contributed by atoms with E-state index in [9.17, 15) is 0 Å². The Bertz CT molecular complexity index is 993. The average Bonchev–Trinajstić information content (AvgIpc) is 3.02. The van der Waals surface area contributed by atoms with Crippen molar-refractivity contribution in [2.24, 2.45) is 0 Å². The number of nitrogens with zero attached hydrogens (tertiary/aromatic N) is 5. The normalized spacial score (nSPS) is 10.9. The molecule has 2 rings (SSSR count). The summed E-state index contributed by atoms with van der Waals surface area (Å²) in [6.07, 6.45) is 10.0. The molecule has 43 heavy (non-hydrogen) atoms. The molecule has 0 saturated heterocycles. The zero-order chi connectivity index (χ0) is 31.5. The molecule has 238 valence electrons. The van der Waals surface area contributed by atoms with Gasteiger partial charge in [0, 0.05) is 13.1 Å². The minimum atomic E-state index is 0.714. The van der Waals surface area contributed by atoms with E-state index in [4.69, 9.17) is 13.1 Å². The van der Waals surface area contributed by atoms with Gasteiger partial charge in [0.25, 0.3) is 0 Å². The van der Waals surface area contributed by atoms with Crippen molar-refractivity contribution in [3.8, 4) is 0 Å². The zero-order valence-electron chi connectivity index (χ0n) is 28.1. The summed E-state index contributed by atoms with van der Waals surface area (Å²) in [5, 5.41) is 3.48. The van der Waals surface area contributed by atoms with Crippen LogP contribution in [-0.4, -0.2) is 74.1 Å². The summed E-state index contributed by atoms with van der Waals surface area (Å²) >= 11 is 0. The summed E-state index contributed by atoms with van der Waals surface area (Å²) in [7, 11) is 2.18. The summed E-state index contributed by atoms with van der Waals surface area (Å²) in [5.41, 5.74) is 3.97. The largest absolute Gasteiger partial charge is 0.313 e. The average molecular weight is 589 g/mol. The van der Waals surface area contributed by atoms with Crippen LogP contribution in [0, 0.1) is 13.1 Å². The highest BCUT2D eigenvalue weighted by Gasteiger charge is 2.05. The molecule has 0 amide bonds. The molecule has 0 aromatic heterocycles. The summed E-state index contributed by atoms with van der Waals surface area (Å²) in [6.45, 7) is 34.4. The van der Waals surface area contributed by atoms with Gasteiger partial charge >= 0.3 is 0 Å². The monoisotopic (exact) mass is 588 g/mol. The fraction of sp³-hybridized carbons (Fsp3) is 0.622. The van der Waals surface area contributed by atoms with Crippen molar-refractivity contribution in [1.29, 1.82) is 0 Å². The number of rotatable bonds is 22. The lowest BCUT2D eigenvalue weighted by Crippen LogP contribution is -2.27. The Kier molecular flexibility index (Phi) is 22.9. The lowest BCUT2D eigenvalue weighted by molar-refractivity contribution is 0.255. The maximum Gasteiger partial charge on any atom is 0.187 e. The van der Waals surface area contributed by atoms with Gasteiger partial charge in [-0.1, -0.05) is 76.2 Å². The minimum absolute atomic E-state index is 0.714. The third-order valence-electron chi connectivity index (χ3n) is 7.41. The summed E-state index contributed by atoms with van der Waals surface area (Å²) in [6, 6.07) is 15.8. The van der Waals surface area contributed by atoms with E-state index >= 15 is 0 Å². The minimum Gasteiger partial charge on any atom is -0.313 e. The van der Waals surface area contributed by atoms with Gasteiger partial charge in [-0.3, -0.25) is 0 Å². The number of unbranched alkanes of at least 4 members (excludes halogenated alkanes) is 2. The van der Waals surface area contributed by atoms with Crippen LogP contribution in [0.4, 0.5) is 11.4 Å². The van der Waals surface area contributed by atoms with E-state index in [1.165, 1.54) is 102 Å². The molecule has 0 heterocycles. The first-order valence-corrected chi connectivity index (χ1v) is 16.8. The predicted molar refractivity (Wildman–Crippen MR) is 186 cm³/mol. The van der Waals surface area contributed by atoms with Crippen LogP contribution in [0.3, 0.4) is 0 Å². The van der Waals surface area contributed by atoms with Gasteiger partial charge in [0.2, 0.25) is 0 Å². The van der Waals surface area contributed by atoms with Crippen molar-refractivity contribution < 1.29 is 0 Å². The fourth-order valence-electron chi connectivity index (χ4n) is 5.23. The lowest BCUT2D eigenvalue weighted by Gasteiger charge is -2.22. The van der Waals surface area contributed by atoms with Gasteiger partial charge in [-0.25, -0.2) is 9.69 Å². The number of hydrogen-bond donors (Lipinski definition) is 1. The first-order valence-electron chi connectivity index (χ1n) is 16.8. The maximum absolute atomic E-state index is 6.97. The second-order valence-electron chi connectivity index (χ2n) is 11.6. The third-order valence-corrected chi connectivity index (χ3v) is 7.41. The molecule has 0 bridgehead atoms. The molecule has 0 unspecified atom stereocenters. The third kappa shape index (κ3) is 19.2. The number of benzene rings is 2. The van der Waals surface area contributed by atoms with Crippen LogP contribution in [0.1, 0.15) is 90.2 Å². The van der Waals surface area contributed by atoms with Crippen molar-refractivity contribution in [3.63, 3.8) is 0 Å². The summed E-state index contributed by atoms with van der Waals surface area (Å²) in [4.78, 5) is 14.4. The van der Waals surface area contributed by atoms with Gasteiger partial charge in [0.05, 0.1) is 13.1 Å². The Hall–Kier alpha value is -2.74. The Morgan fingerprint density at radius 3 is 1.42 bits per heavy atom. The molecular formula is C37H60N6. The highest BCUT2D eigenvalue weighted by molar-refractivity contribution is 5.45. The van der Waals surface area contributed by atoms with Gasteiger partial charge in [0.15, 0.2) is 11.4 Å². The van der Waals surface area contributed by atoms with Crippen molar-refractivity contribution in [3.05, 3.63) is 82.5 Å². The number of nitrogens with one attached hydrogen (secondary N) is 1. The molecule has 0 spiro atoms. The molecule has 2 aromatic carbocycles. The summed E-state index contributed by atoms with van der Waals surface area (Å²) < 4.78 is 0. The van der Waals surface area contributed by atoms with Gasteiger partial charge in [-0.15, -0.1) is 0 Å². The van der Waals surface area contributed by atoms with Crippen molar-refractivity contribution >= 4 is 11.4 Å². The van der Waals surface area contributed by atoms with E-state index < -0.39 is 0 Å². The predicted octanol–water partition coefficient (Wildman–Crippen LogP) is 8.80. The first-order chi connectivity index (χ1) is 21.0.